The fraction of sp³-hybridized carbons (Fsp3) is 1.00. The molecule has 0 spiro atoms. The average Bonchev–Trinajstić information content (AvgIpc) is 2.88. The van der Waals surface area contributed by atoms with E-state index in [9.17, 15) is 0 Å². The summed E-state index contributed by atoms with van der Waals surface area (Å²) >= 11 is 0. The van der Waals surface area contributed by atoms with E-state index >= 15 is 0 Å². The van der Waals surface area contributed by atoms with E-state index in [1.54, 1.807) is 0 Å². The van der Waals surface area contributed by atoms with E-state index in [4.69, 9.17) is 4.74 Å². The summed E-state index contributed by atoms with van der Waals surface area (Å²) in [4.78, 5) is 0. The first-order valence-electron chi connectivity index (χ1n) is 7.04. The van der Waals surface area contributed by atoms with Crippen molar-refractivity contribution < 1.29 is 4.74 Å². The zero-order valence-corrected chi connectivity index (χ0v) is 11.6. The van der Waals surface area contributed by atoms with Crippen molar-refractivity contribution in [1.82, 2.24) is 0 Å². The first-order chi connectivity index (χ1) is 7.39. The minimum atomic E-state index is 0.541. The molecule has 0 aromatic heterocycles. The van der Waals surface area contributed by atoms with Crippen molar-refractivity contribution >= 4 is 0 Å². The van der Waals surface area contributed by atoms with Crippen LogP contribution in [0.3, 0.4) is 0 Å². The van der Waals surface area contributed by atoms with Crippen LogP contribution >= 0.6 is 0 Å². The highest BCUT2D eigenvalue weighted by molar-refractivity contribution is 4.92. The minimum absolute atomic E-state index is 0.541. The van der Waals surface area contributed by atoms with Crippen molar-refractivity contribution in [3.05, 3.63) is 0 Å². The summed E-state index contributed by atoms with van der Waals surface area (Å²) < 4.78 is 5.71. The fourth-order valence-electron chi connectivity index (χ4n) is 3.48. The van der Waals surface area contributed by atoms with Gasteiger partial charge in [-0.15, -0.1) is 0 Å². The highest BCUT2D eigenvalue weighted by Gasteiger charge is 2.44. The van der Waals surface area contributed by atoms with Crippen LogP contribution in [0.15, 0.2) is 0 Å². The second kappa shape index (κ2) is 4.33. The van der Waals surface area contributed by atoms with Gasteiger partial charge in [0.05, 0.1) is 12.2 Å². The first kappa shape index (κ1) is 12.4. The Morgan fingerprint density at radius 2 is 1.88 bits per heavy atom. The smallest absolute Gasteiger partial charge is 0.0867 e. The zero-order chi connectivity index (χ0) is 11.9. The fourth-order valence-corrected chi connectivity index (χ4v) is 3.48. The third-order valence-electron chi connectivity index (χ3n) is 4.78. The van der Waals surface area contributed by atoms with Gasteiger partial charge in [0.1, 0.15) is 0 Å². The molecule has 1 nitrogen and oxygen atoms in total. The Kier molecular flexibility index (Phi) is 3.36. The van der Waals surface area contributed by atoms with Crippen LogP contribution < -0.4 is 0 Å². The predicted molar refractivity (Wildman–Crippen MR) is 68.4 cm³/mol. The number of hydrogen-bond acceptors (Lipinski definition) is 1. The molecule has 1 saturated carbocycles. The SMILES string of the molecule is CC(C)C1CC(C2OC2C)CCC(C)(C)C1. The second-order valence-corrected chi connectivity index (χ2v) is 7.21. The molecule has 94 valence electrons. The van der Waals surface area contributed by atoms with E-state index < -0.39 is 0 Å². The van der Waals surface area contributed by atoms with Crippen molar-refractivity contribution in [2.24, 2.45) is 23.2 Å². The van der Waals surface area contributed by atoms with Gasteiger partial charge < -0.3 is 4.74 Å². The maximum atomic E-state index is 5.71. The summed E-state index contributed by atoms with van der Waals surface area (Å²) in [5.74, 6) is 2.57. The molecule has 16 heavy (non-hydrogen) atoms. The Hall–Kier alpha value is -0.0400. The van der Waals surface area contributed by atoms with Crippen LogP contribution in [0, 0.1) is 23.2 Å². The molecule has 0 aromatic carbocycles. The molecule has 2 aliphatic rings. The monoisotopic (exact) mass is 224 g/mol. The predicted octanol–water partition coefficient (Wildman–Crippen LogP) is 4.26. The van der Waals surface area contributed by atoms with E-state index in [1.165, 1.54) is 25.7 Å². The first-order valence-corrected chi connectivity index (χ1v) is 7.04. The van der Waals surface area contributed by atoms with Crippen molar-refractivity contribution in [2.45, 2.75) is 72.5 Å². The normalized spacial score (nSPS) is 43.1. The molecule has 2 fully saturated rings. The topological polar surface area (TPSA) is 12.5 Å². The van der Waals surface area contributed by atoms with Crippen molar-refractivity contribution in [3.63, 3.8) is 0 Å². The third kappa shape index (κ3) is 2.80. The van der Waals surface area contributed by atoms with Crippen molar-refractivity contribution in [3.8, 4) is 0 Å². The van der Waals surface area contributed by atoms with Gasteiger partial charge in [-0.2, -0.15) is 0 Å². The molecular formula is C15H28O. The van der Waals surface area contributed by atoms with E-state index in [0.717, 1.165) is 17.8 Å². The molecule has 4 atom stereocenters. The molecule has 0 bridgehead atoms. The lowest BCUT2D eigenvalue weighted by Gasteiger charge is -2.28. The number of hydrogen-bond donors (Lipinski definition) is 0. The molecule has 1 aliphatic heterocycles. The van der Waals surface area contributed by atoms with Gasteiger partial charge in [0.25, 0.3) is 0 Å². The van der Waals surface area contributed by atoms with Gasteiger partial charge in [0, 0.05) is 0 Å². The average molecular weight is 224 g/mol. The Morgan fingerprint density at radius 1 is 1.25 bits per heavy atom. The summed E-state index contributed by atoms with van der Waals surface area (Å²) in [5, 5.41) is 0. The summed E-state index contributed by atoms with van der Waals surface area (Å²) in [6, 6.07) is 0. The van der Waals surface area contributed by atoms with Gasteiger partial charge in [-0.25, -0.2) is 0 Å². The van der Waals surface area contributed by atoms with Crippen LogP contribution in [0.1, 0.15) is 60.3 Å². The summed E-state index contributed by atoms with van der Waals surface area (Å²) in [6.45, 7) is 11.9. The Balaban J connectivity index is 2.03. The third-order valence-corrected chi connectivity index (χ3v) is 4.78. The van der Waals surface area contributed by atoms with Crippen LogP contribution in [0.4, 0.5) is 0 Å². The van der Waals surface area contributed by atoms with Gasteiger partial charge in [0.15, 0.2) is 0 Å². The van der Waals surface area contributed by atoms with Crippen LogP contribution in [-0.2, 0) is 4.74 Å². The molecule has 0 aromatic rings. The largest absolute Gasteiger partial charge is 0.370 e. The lowest BCUT2D eigenvalue weighted by atomic mass is 9.77. The minimum Gasteiger partial charge on any atom is -0.370 e. The molecule has 1 saturated heterocycles. The van der Waals surface area contributed by atoms with Crippen LogP contribution in [-0.4, -0.2) is 12.2 Å². The highest BCUT2D eigenvalue weighted by atomic mass is 16.6. The van der Waals surface area contributed by atoms with E-state index in [0.29, 0.717) is 17.6 Å². The molecule has 0 radical (unpaired) electrons. The van der Waals surface area contributed by atoms with Gasteiger partial charge in [0.2, 0.25) is 0 Å². The van der Waals surface area contributed by atoms with Crippen molar-refractivity contribution in [1.29, 1.82) is 0 Å². The second-order valence-electron chi connectivity index (χ2n) is 7.21. The van der Waals surface area contributed by atoms with Gasteiger partial charge in [-0.3, -0.25) is 0 Å². The van der Waals surface area contributed by atoms with E-state index in [-0.39, 0.29) is 0 Å². The maximum absolute atomic E-state index is 5.71. The summed E-state index contributed by atoms with van der Waals surface area (Å²) in [6.07, 6.45) is 6.70. The van der Waals surface area contributed by atoms with Crippen LogP contribution in [0.2, 0.25) is 0 Å². The Morgan fingerprint density at radius 3 is 2.38 bits per heavy atom. The van der Waals surface area contributed by atoms with Crippen molar-refractivity contribution in [2.75, 3.05) is 0 Å². The number of epoxide rings is 1. The highest BCUT2D eigenvalue weighted by Crippen LogP contribution is 2.46. The quantitative estimate of drug-likeness (QED) is 0.504. The molecule has 0 N–H and O–H groups in total. The number of ether oxygens (including phenoxy) is 1. The van der Waals surface area contributed by atoms with E-state index in [1.807, 2.05) is 0 Å². The summed E-state index contributed by atoms with van der Waals surface area (Å²) in [7, 11) is 0. The molecule has 1 heteroatoms. The lowest BCUT2D eigenvalue weighted by Crippen LogP contribution is -2.19. The lowest BCUT2D eigenvalue weighted by molar-refractivity contribution is 0.218. The molecule has 1 aliphatic carbocycles. The van der Waals surface area contributed by atoms with Crippen LogP contribution in [0.5, 0.6) is 0 Å². The molecule has 4 unspecified atom stereocenters. The van der Waals surface area contributed by atoms with Gasteiger partial charge in [-0.1, -0.05) is 27.7 Å². The van der Waals surface area contributed by atoms with E-state index in [2.05, 4.69) is 34.6 Å². The number of rotatable bonds is 2. The molecule has 2 rings (SSSR count). The summed E-state index contributed by atoms with van der Waals surface area (Å²) in [5.41, 5.74) is 0.543. The maximum Gasteiger partial charge on any atom is 0.0867 e. The Labute approximate surface area is 101 Å². The molecule has 1 heterocycles. The van der Waals surface area contributed by atoms with Crippen LogP contribution in [0.25, 0.3) is 0 Å². The molecule has 0 amide bonds. The van der Waals surface area contributed by atoms with Gasteiger partial charge >= 0.3 is 0 Å². The Bertz CT molecular complexity index is 244. The standard InChI is InChI=1S/C15H28O/c1-10(2)13-8-12(14-11(3)16-14)6-7-15(4,5)9-13/h10-14H,6-9H2,1-5H3. The molecular weight excluding hydrogens is 196 g/mol. The van der Waals surface area contributed by atoms with Gasteiger partial charge in [-0.05, 0) is 55.8 Å². The zero-order valence-electron chi connectivity index (χ0n) is 11.6.